The first-order valence-electron chi connectivity index (χ1n) is 5.61. The van der Waals surface area contributed by atoms with Crippen molar-refractivity contribution in [1.29, 1.82) is 0 Å². The molecule has 0 amide bonds. The number of terminal acetylenes is 1. The molecule has 0 aliphatic rings. The van der Waals surface area contributed by atoms with E-state index in [9.17, 15) is 4.79 Å². The molecule has 0 bridgehead atoms. The van der Waals surface area contributed by atoms with E-state index in [1.807, 2.05) is 24.3 Å². The van der Waals surface area contributed by atoms with Gasteiger partial charge in [0.2, 0.25) is 0 Å². The maximum Gasteiger partial charge on any atom is 0.335 e. The van der Waals surface area contributed by atoms with Crippen LogP contribution in [-0.4, -0.2) is 11.1 Å². The topological polar surface area (TPSA) is 37.3 Å². The second-order valence-corrected chi connectivity index (χ2v) is 3.85. The number of aromatic carboxylic acids is 1. The highest BCUT2D eigenvalue weighted by atomic mass is 16.4. The Morgan fingerprint density at radius 3 is 1.68 bits per heavy atom. The van der Waals surface area contributed by atoms with Gasteiger partial charge in [0, 0.05) is 16.7 Å². The van der Waals surface area contributed by atoms with Crippen molar-refractivity contribution in [3.63, 3.8) is 0 Å². The molecule has 2 rings (SSSR count). The van der Waals surface area contributed by atoms with Gasteiger partial charge in [0.25, 0.3) is 0 Å². The third-order valence-electron chi connectivity index (χ3n) is 2.53. The first kappa shape index (κ1) is 12.5. The molecule has 0 atom stereocenters. The molecule has 0 spiro atoms. The number of carbonyl (C=O) groups is 1. The van der Waals surface area contributed by atoms with E-state index >= 15 is 0 Å². The quantitative estimate of drug-likeness (QED) is 0.785. The Kier molecular flexibility index (Phi) is 3.67. The van der Waals surface area contributed by atoms with Gasteiger partial charge in [0.05, 0.1) is 5.56 Å². The van der Waals surface area contributed by atoms with Crippen molar-refractivity contribution in [2.75, 3.05) is 0 Å². The third-order valence-corrected chi connectivity index (χ3v) is 2.53. The highest BCUT2D eigenvalue weighted by Gasteiger charge is 1.99. The molecule has 0 radical (unpaired) electrons. The standard InChI is InChI=1S/C17H10O2/c1-2-13-3-5-14(6-4-13)7-8-15-9-11-16(12-10-15)17(18)19/h1,3-6,9-12H,(H,18,19). The molecule has 0 saturated carbocycles. The van der Waals surface area contributed by atoms with Gasteiger partial charge in [0.1, 0.15) is 0 Å². The van der Waals surface area contributed by atoms with E-state index < -0.39 is 5.97 Å². The second kappa shape index (κ2) is 5.58. The number of rotatable bonds is 1. The highest BCUT2D eigenvalue weighted by Crippen LogP contribution is 2.05. The fourth-order valence-corrected chi connectivity index (χ4v) is 1.49. The van der Waals surface area contributed by atoms with Crippen LogP contribution in [0.25, 0.3) is 0 Å². The van der Waals surface area contributed by atoms with Gasteiger partial charge in [-0.2, -0.15) is 0 Å². The molecule has 2 aromatic rings. The monoisotopic (exact) mass is 246 g/mol. The maximum atomic E-state index is 10.7. The van der Waals surface area contributed by atoms with Crippen LogP contribution in [-0.2, 0) is 0 Å². The zero-order valence-corrected chi connectivity index (χ0v) is 10.1. The number of carboxylic acids is 1. The van der Waals surface area contributed by atoms with Crippen molar-refractivity contribution in [2.24, 2.45) is 0 Å². The fraction of sp³-hybridized carbons (Fsp3) is 0. The molecule has 2 nitrogen and oxygen atoms in total. The van der Waals surface area contributed by atoms with Crippen LogP contribution in [0, 0.1) is 24.2 Å². The van der Waals surface area contributed by atoms with Crippen molar-refractivity contribution >= 4 is 5.97 Å². The molecule has 1 N–H and O–H groups in total. The molecule has 2 aromatic carbocycles. The van der Waals surface area contributed by atoms with Gasteiger partial charge in [-0.25, -0.2) is 4.79 Å². The molecule has 0 aromatic heterocycles. The molecule has 0 fully saturated rings. The lowest BCUT2D eigenvalue weighted by Gasteiger charge is -1.94. The Hall–Kier alpha value is -2.97. The van der Waals surface area contributed by atoms with Crippen LogP contribution in [0.15, 0.2) is 48.5 Å². The van der Waals surface area contributed by atoms with E-state index in [0.717, 1.165) is 16.7 Å². The third kappa shape index (κ3) is 3.25. The van der Waals surface area contributed by atoms with Gasteiger partial charge in [-0.3, -0.25) is 0 Å². The van der Waals surface area contributed by atoms with Gasteiger partial charge in [-0.1, -0.05) is 17.8 Å². The molecule has 19 heavy (non-hydrogen) atoms. The predicted octanol–water partition coefficient (Wildman–Crippen LogP) is 2.77. The number of hydrogen-bond acceptors (Lipinski definition) is 1. The van der Waals surface area contributed by atoms with Crippen molar-refractivity contribution in [3.8, 4) is 24.2 Å². The lowest BCUT2D eigenvalue weighted by Crippen LogP contribution is -1.94. The van der Waals surface area contributed by atoms with Gasteiger partial charge in [0.15, 0.2) is 0 Å². The number of benzene rings is 2. The van der Waals surface area contributed by atoms with Gasteiger partial charge in [-0.15, -0.1) is 6.42 Å². The molecule has 90 valence electrons. The first-order chi connectivity index (χ1) is 9.19. The Bertz CT molecular complexity index is 690. The smallest absolute Gasteiger partial charge is 0.335 e. The Labute approximate surface area is 111 Å². The van der Waals surface area contributed by atoms with Crippen molar-refractivity contribution < 1.29 is 9.90 Å². The summed E-state index contributed by atoms with van der Waals surface area (Å²) in [4.78, 5) is 10.7. The summed E-state index contributed by atoms with van der Waals surface area (Å²) in [5, 5.41) is 8.78. The minimum atomic E-state index is -0.940. The SMILES string of the molecule is C#Cc1ccc(C#Cc2ccc(C(=O)O)cc2)cc1. The molecular weight excluding hydrogens is 236 g/mol. The van der Waals surface area contributed by atoms with Gasteiger partial charge >= 0.3 is 5.97 Å². The van der Waals surface area contributed by atoms with Crippen LogP contribution in [0.1, 0.15) is 27.0 Å². The fourth-order valence-electron chi connectivity index (χ4n) is 1.49. The second-order valence-electron chi connectivity index (χ2n) is 3.85. The van der Waals surface area contributed by atoms with Gasteiger partial charge < -0.3 is 5.11 Å². The van der Waals surface area contributed by atoms with E-state index in [-0.39, 0.29) is 5.56 Å². The van der Waals surface area contributed by atoms with Crippen LogP contribution < -0.4 is 0 Å². The van der Waals surface area contributed by atoms with E-state index in [1.165, 1.54) is 12.1 Å². The molecule has 0 saturated heterocycles. The number of hydrogen-bond donors (Lipinski definition) is 1. The molecular formula is C17H10O2. The van der Waals surface area contributed by atoms with Crippen molar-refractivity contribution in [1.82, 2.24) is 0 Å². The normalized spacial score (nSPS) is 9.00. The summed E-state index contributed by atoms with van der Waals surface area (Å²) in [6.45, 7) is 0. The molecule has 0 unspecified atom stereocenters. The zero-order chi connectivity index (χ0) is 13.7. The summed E-state index contributed by atoms with van der Waals surface area (Å²) in [5.41, 5.74) is 2.70. The summed E-state index contributed by atoms with van der Waals surface area (Å²) in [6.07, 6.45) is 5.27. The summed E-state index contributed by atoms with van der Waals surface area (Å²) < 4.78 is 0. The maximum absolute atomic E-state index is 10.7. The molecule has 2 heteroatoms. The lowest BCUT2D eigenvalue weighted by molar-refractivity contribution is 0.0697. The summed E-state index contributed by atoms with van der Waals surface area (Å²) in [6, 6.07) is 13.8. The zero-order valence-electron chi connectivity index (χ0n) is 10.1. The highest BCUT2D eigenvalue weighted by molar-refractivity contribution is 5.87. The van der Waals surface area contributed by atoms with Crippen LogP contribution >= 0.6 is 0 Å². The lowest BCUT2D eigenvalue weighted by atomic mass is 10.1. The minimum absolute atomic E-state index is 0.254. The van der Waals surface area contributed by atoms with E-state index in [0.29, 0.717) is 0 Å². The largest absolute Gasteiger partial charge is 0.478 e. The van der Waals surface area contributed by atoms with E-state index in [2.05, 4.69) is 17.8 Å². The summed E-state index contributed by atoms with van der Waals surface area (Å²) >= 11 is 0. The van der Waals surface area contributed by atoms with E-state index in [1.54, 1.807) is 12.1 Å². The number of carboxylic acid groups (broad SMARTS) is 1. The Morgan fingerprint density at radius 2 is 1.26 bits per heavy atom. The van der Waals surface area contributed by atoms with Crippen LogP contribution in [0.4, 0.5) is 0 Å². The summed E-state index contributed by atoms with van der Waals surface area (Å²) in [5.74, 6) is 7.57. The predicted molar refractivity (Wildman–Crippen MR) is 73.8 cm³/mol. The summed E-state index contributed by atoms with van der Waals surface area (Å²) in [7, 11) is 0. The van der Waals surface area contributed by atoms with Crippen LogP contribution in [0.3, 0.4) is 0 Å². The first-order valence-corrected chi connectivity index (χ1v) is 5.61. The van der Waals surface area contributed by atoms with Crippen molar-refractivity contribution in [2.45, 2.75) is 0 Å². The molecule has 0 heterocycles. The minimum Gasteiger partial charge on any atom is -0.478 e. The van der Waals surface area contributed by atoms with Crippen LogP contribution in [0.5, 0.6) is 0 Å². The Balaban J connectivity index is 2.19. The molecule has 0 aliphatic heterocycles. The molecule has 0 aliphatic carbocycles. The average molecular weight is 246 g/mol. The van der Waals surface area contributed by atoms with Crippen molar-refractivity contribution in [3.05, 3.63) is 70.8 Å². The average Bonchev–Trinajstić information content (AvgIpc) is 2.46. The van der Waals surface area contributed by atoms with Gasteiger partial charge in [-0.05, 0) is 48.5 Å². The van der Waals surface area contributed by atoms with Crippen LogP contribution in [0.2, 0.25) is 0 Å². The van der Waals surface area contributed by atoms with E-state index in [4.69, 9.17) is 11.5 Å². The Morgan fingerprint density at radius 1 is 0.842 bits per heavy atom.